The van der Waals surface area contributed by atoms with Gasteiger partial charge in [-0.1, -0.05) is 0 Å². The summed E-state index contributed by atoms with van der Waals surface area (Å²) in [5, 5.41) is 11.6. The number of ether oxygens (including phenoxy) is 4. The number of benzene rings is 1. The Labute approximate surface area is 171 Å². The maximum atomic E-state index is 14.8. The molecule has 0 spiro atoms. The number of esters is 3. The summed E-state index contributed by atoms with van der Waals surface area (Å²) < 4.78 is 33.4. The van der Waals surface area contributed by atoms with Crippen LogP contribution < -0.4 is 4.90 Å². The Bertz CT molecular complexity index is 931. The lowest BCUT2D eigenvalue weighted by Gasteiger charge is -2.32. The van der Waals surface area contributed by atoms with E-state index >= 15 is 0 Å². The SMILES string of the molecule is COC(=O)C1=C(C(=O)OC)N(c2c([N+](=O)[O-])cc(Br)c(F)c2C(=O)OC)COC1. The van der Waals surface area contributed by atoms with Crippen LogP contribution in [0.1, 0.15) is 10.4 Å². The van der Waals surface area contributed by atoms with E-state index in [1.165, 1.54) is 0 Å². The van der Waals surface area contributed by atoms with Crippen molar-refractivity contribution >= 4 is 45.2 Å². The van der Waals surface area contributed by atoms with Crippen molar-refractivity contribution in [2.75, 3.05) is 39.6 Å². The minimum atomic E-state index is -1.25. The smallest absolute Gasteiger partial charge is 0.355 e. The van der Waals surface area contributed by atoms with Gasteiger partial charge in [-0.15, -0.1) is 0 Å². The largest absolute Gasteiger partial charge is 0.466 e. The van der Waals surface area contributed by atoms with E-state index < -0.39 is 58.0 Å². The number of carbonyl (C=O) groups excluding carboxylic acids is 3. The van der Waals surface area contributed by atoms with E-state index in [0.29, 0.717) is 0 Å². The molecular formula is C16H14BrFN2O9. The molecule has 1 heterocycles. The van der Waals surface area contributed by atoms with Crippen LogP contribution >= 0.6 is 15.9 Å². The first-order chi connectivity index (χ1) is 13.7. The van der Waals surface area contributed by atoms with E-state index in [4.69, 9.17) is 4.74 Å². The first-order valence-corrected chi connectivity index (χ1v) is 8.48. The lowest BCUT2D eigenvalue weighted by Crippen LogP contribution is -2.40. The van der Waals surface area contributed by atoms with Gasteiger partial charge in [0.25, 0.3) is 5.69 Å². The average Bonchev–Trinajstić information content (AvgIpc) is 2.72. The molecule has 13 heteroatoms. The maximum absolute atomic E-state index is 14.8. The van der Waals surface area contributed by atoms with E-state index in [-0.39, 0.29) is 16.7 Å². The number of carbonyl (C=O) groups is 3. The summed E-state index contributed by atoms with van der Waals surface area (Å²) in [6.45, 7) is -0.912. The highest BCUT2D eigenvalue weighted by molar-refractivity contribution is 9.10. The van der Waals surface area contributed by atoms with E-state index in [2.05, 4.69) is 30.1 Å². The monoisotopic (exact) mass is 476 g/mol. The Morgan fingerprint density at radius 1 is 1.17 bits per heavy atom. The molecule has 1 aromatic carbocycles. The minimum absolute atomic E-state index is 0.334. The Kier molecular flexibility index (Phi) is 6.87. The third kappa shape index (κ3) is 4.05. The summed E-state index contributed by atoms with van der Waals surface area (Å²) >= 11 is 2.81. The molecule has 0 atom stereocenters. The second-order valence-corrected chi connectivity index (χ2v) is 6.23. The second-order valence-electron chi connectivity index (χ2n) is 5.38. The lowest BCUT2D eigenvalue weighted by atomic mass is 10.1. The van der Waals surface area contributed by atoms with Gasteiger partial charge in [-0.2, -0.15) is 0 Å². The molecule has 2 rings (SSSR count). The van der Waals surface area contributed by atoms with E-state index in [9.17, 15) is 28.9 Å². The van der Waals surface area contributed by atoms with Crippen LogP contribution in [0.15, 0.2) is 21.8 Å². The number of methoxy groups -OCH3 is 3. The van der Waals surface area contributed by atoms with Crippen molar-refractivity contribution in [2.24, 2.45) is 0 Å². The van der Waals surface area contributed by atoms with Gasteiger partial charge < -0.3 is 23.8 Å². The predicted molar refractivity (Wildman–Crippen MR) is 96.4 cm³/mol. The summed E-state index contributed by atoms with van der Waals surface area (Å²) in [7, 11) is 3.00. The van der Waals surface area contributed by atoms with E-state index in [1.807, 2.05) is 0 Å². The molecule has 1 aliphatic rings. The molecule has 0 amide bonds. The van der Waals surface area contributed by atoms with Gasteiger partial charge in [0.05, 0.1) is 42.9 Å². The van der Waals surface area contributed by atoms with Crippen LogP contribution in [0.4, 0.5) is 15.8 Å². The zero-order chi connectivity index (χ0) is 21.9. The highest BCUT2D eigenvalue weighted by Gasteiger charge is 2.40. The van der Waals surface area contributed by atoms with Crippen molar-refractivity contribution in [1.82, 2.24) is 0 Å². The van der Waals surface area contributed by atoms with Gasteiger partial charge in [0.2, 0.25) is 0 Å². The van der Waals surface area contributed by atoms with Gasteiger partial charge in [-0.25, -0.2) is 18.8 Å². The summed E-state index contributed by atoms with van der Waals surface area (Å²) in [5.41, 5.74) is -3.08. The third-order valence-corrected chi connectivity index (χ3v) is 4.44. The molecule has 1 aromatic rings. The first kappa shape index (κ1) is 22.2. The van der Waals surface area contributed by atoms with Crippen LogP contribution in [-0.4, -0.2) is 57.5 Å². The number of nitro groups is 1. The van der Waals surface area contributed by atoms with Crippen molar-refractivity contribution in [3.05, 3.63) is 43.3 Å². The molecule has 0 saturated heterocycles. The number of nitro benzene ring substituents is 1. The van der Waals surface area contributed by atoms with Crippen molar-refractivity contribution in [2.45, 2.75) is 0 Å². The Balaban J connectivity index is 2.94. The van der Waals surface area contributed by atoms with Gasteiger partial charge in [0.1, 0.15) is 23.7 Å². The summed E-state index contributed by atoms with van der Waals surface area (Å²) in [4.78, 5) is 48.2. The molecule has 0 N–H and O–H groups in total. The number of hydrogen-bond acceptors (Lipinski definition) is 10. The molecular weight excluding hydrogens is 463 g/mol. The minimum Gasteiger partial charge on any atom is -0.466 e. The van der Waals surface area contributed by atoms with Crippen molar-refractivity contribution in [1.29, 1.82) is 0 Å². The van der Waals surface area contributed by atoms with Crippen molar-refractivity contribution < 1.29 is 42.6 Å². The molecule has 11 nitrogen and oxygen atoms in total. The molecule has 0 bridgehead atoms. The van der Waals surface area contributed by atoms with Crippen LogP contribution in [0.3, 0.4) is 0 Å². The summed E-state index contributed by atoms with van der Waals surface area (Å²) in [6.07, 6.45) is 0. The average molecular weight is 477 g/mol. The van der Waals surface area contributed by atoms with Crippen LogP contribution in [0.25, 0.3) is 0 Å². The van der Waals surface area contributed by atoms with Crippen LogP contribution in [0.2, 0.25) is 0 Å². The maximum Gasteiger partial charge on any atom is 0.355 e. The Morgan fingerprint density at radius 2 is 1.76 bits per heavy atom. The molecule has 29 heavy (non-hydrogen) atoms. The molecule has 156 valence electrons. The molecule has 0 aromatic heterocycles. The van der Waals surface area contributed by atoms with Crippen molar-refractivity contribution in [3.8, 4) is 0 Å². The number of rotatable bonds is 5. The highest BCUT2D eigenvalue weighted by atomic mass is 79.9. The van der Waals surface area contributed by atoms with Gasteiger partial charge in [0, 0.05) is 6.07 Å². The van der Waals surface area contributed by atoms with E-state index in [1.54, 1.807) is 0 Å². The molecule has 0 aliphatic carbocycles. The molecule has 0 fully saturated rings. The van der Waals surface area contributed by atoms with Gasteiger partial charge >= 0.3 is 17.9 Å². The fraction of sp³-hybridized carbons (Fsp3) is 0.312. The van der Waals surface area contributed by atoms with Gasteiger partial charge in [0.15, 0.2) is 5.82 Å². The van der Waals surface area contributed by atoms with Crippen molar-refractivity contribution in [3.63, 3.8) is 0 Å². The van der Waals surface area contributed by atoms with E-state index in [0.717, 1.165) is 32.3 Å². The Hall–Kier alpha value is -3.06. The molecule has 0 radical (unpaired) electrons. The highest BCUT2D eigenvalue weighted by Crippen LogP contribution is 2.41. The fourth-order valence-corrected chi connectivity index (χ4v) is 3.04. The quantitative estimate of drug-likeness (QED) is 0.267. The Morgan fingerprint density at radius 3 is 2.28 bits per heavy atom. The number of hydrogen-bond donors (Lipinski definition) is 0. The molecule has 0 unspecified atom stereocenters. The third-order valence-electron chi connectivity index (χ3n) is 3.86. The molecule has 1 aliphatic heterocycles. The second kappa shape index (κ2) is 8.96. The standard InChI is InChI=1S/C16H14BrFN2O9/c1-26-14(21)7-5-29-6-19(12(7)16(23)28-3)13-9(20(24)25)4-8(17)11(18)10(13)15(22)27-2/h4H,5-6H2,1-3H3. The van der Waals surface area contributed by atoms with Crippen LogP contribution in [0.5, 0.6) is 0 Å². The first-order valence-electron chi connectivity index (χ1n) is 7.69. The van der Waals surface area contributed by atoms with Gasteiger partial charge in [-0.3, -0.25) is 10.1 Å². The normalized spacial score (nSPS) is 13.8. The predicted octanol–water partition coefficient (Wildman–Crippen LogP) is 1.68. The summed E-state index contributed by atoms with van der Waals surface area (Å²) in [6, 6.07) is 0.804. The number of nitrogens with zero attached hydrogens (tertiary/aromatic N) is 2. The zero-order valence-corrected chi connectivity index (χ0v) is 16.9. The topological polar surface area (TPSA) is 135 Å². The van der Waals surface area contributed by atoms with Gasteiger partial charge in [-0.05, 0) is 15.9 Å². The lowest BCUT2D eigenvalue weighted by molar-refractivity contribution is -0.384. The van der Waals surface area contributed by atoms with Crippen LogP contribution in [-0.2, 0) is 28.5 Å². The molecule has 0 saturated carbocycles. The summed E-state index contributed by atoms with van der Waals surface area (Å²) in [5.74, 6) is -4.49. The number of anilines is 1. The van der Waals surface area contributed by atoms with Crippen LogP contribution in [0, 0.1) is 15.9 Å². The zero-order valence-electron chi connectivity index (χ0n) is 15.3. The number of halogens is 2. The fourth-order valence-electron chi connectivity index (χ4n) is 2.62.